The molecule has 0 saturated carbocycles. The maximum Gasteiger partial charge on any atom is 0.273 e. The number of ketones is 1. The quantitative estimate of drug-likeness (QED) is 0.468. The lowest BCUT2D eigenvalue weighted by Crippen LogP contribution is -2.00. The van der Waals surface area contributed by atoms with Crippen LogP contribution < -0.4 is 4.74 Å². The summed E-state index contributed by atoms with van der Waals surface area (Å²) in [5.41, 5.74) is 0.420. The molecule has 0 aliphatic carbocycles. The Morgan fingerprint density at radius 3 is 2.65 bits per heavy atom. The molecular formula is C15H13NO4. The summed E-state index contributed by atoms with van der Waals surface area (Å²) in [6.07, 6.45) is 0.370. The third-order valence-electron chi connectivity index (χ3n) is 2.76. The highest BCUT2D eigenvalue weighted by atomic mass is 16.6. The lowest BCUT2D eigenvalue weighted by atomic mass is 10.1. The van der Waals surface area contributed by atoms with Crippen LogP contribution in [-0.4, -0.2) is 10.7 Å². The van der Waals surface area contributed by atoms with Crippen LogP contribution in [0.3, 0.4) is 0 Å². The van der Waals surface area contributed by atoms with E-state index in [0.29, 0.717) is 23.5 Å². The molecule has 0 atom stereocenters. The normalized spacial score (nSPS) is 10.1. The highest BCUT2D eigenvalue weighted by Gasteiger charge is 2.12. The zero-order valence-corrected chi connectivity index (χ0v) is 10.9. The lowest BCUT2D eigenvalue weighted by Gasteiger charge is -2.09. The third kappa shape index (κ3) is 3.00. The maximum absolute atomic E-state index is 11.8. The Morgan fingerprint density at radius 1 is 1.20 bits per heavy atom. The monoisotopic (exact) mass is 271 g/mol. The zero-order chi connectivity index (χ0) is 14.5. The molecule has 0 aliphatic rings. The SMILES string of the molecule is CCC(=O)c1ccccc1Oc1cccc([N+](=O)[O-])c1. The summed E-state index contributed by atoms with van der Waals surface area (Å²) in [6.45, 7) is 1.77. The number of carbonyl (C=O) groups excluding carboxylic acids is 1. The van der Waals surface area contributed by atoms with E-state index in [2.05, 4.69) is 0 Å². The predicted molar refractivity (Wildman–Crippen MR) is 74.2 cm³/mol. The standard InChI is InChI=1S/C15H13NO4/c1-2-14(17)13-8-3-4-9-15(13)20-12-7-5-6-11(10-12)16(18)19/h3-10H,2H2,1H3. The fourth-order valence-electron chi connectivity index (χ4n) is 1.76. The summed E-state index contributed by atoms with van der Waals surface area (Å²) in [4.78, 5) is 22.0. The van der Waals surface area contributed by atoms with Crippen molar-refractivity contribution in [1.29, 1.82) is 0 Å². The molecule has 0 radical (unpaired) electrons. The van der Waals surface area contributed by atoms with E-state index in [1.54, 1.807) is 37.3 Å². The first-order valence-electron chi connectivity index (χ1n) is 6.16. The van der Waals surface area contributed by atoms with E-state index >= 15 is 0 Å². The summed E-state index contributed by atoms with van der Waals surface area (Å²) in [5.74, 6) is 0.696. The van der Waals surface area contributed by atoms with Crippen LogP contribution in [0.2, 0.25) is 0 Å². The molecule has 5 nitrogen and oxygen atoms in total. The summed E-state index contributed by atoms with van der Waals surface area (Å²) >= 11 is 0. The van der Waals surface area contributed by atoms with Gasteiger partial charge < -0.3 is 4.74 Å². The van der Waals surface area contributed by atoms with Crippen LogP contribution >= 0.6 is 0 Å². The molecule has 0 heterocycles. The Bertz CT molecular complexity index is 652. The fraction of sp³-hybridized carbons (Fsp3) is 0.133. The molecule has 20 heavy (non-hydrogen) atoms. The van der Waals surface area contributed by atoms with Gasteiger partial charge in [-0.25, -0.2) is 0 Å². The highest BCUT2D eigenvalue weighted by Crippen LogP contribution is 2.28. The fourth-order valence-corrected chi connectivity index (χ4v) is 1.76. The molecule has 2 aromatic carbocycles. The Balaban J connectivity index is 2.33. The van der Waals surface area contributed by atoms with E-state index in [1.807, 2.05) is 0 Å². The van der Waals surface area contributed by atoms with Gasteiger partial charge in [-0.3, -0.25) is 14.9 Å². The maximum atomic E-state index is 11.8. The van der Waals surface area contributed by atoms with Crippen LogP contribution in [0.4, 0.5) is 5.69 Å². The predicted octanol–water partition coefficient (Wildman–Crippen LogP) is 3.98. The van der Waals surface area contributed by atoms with E-state index in [4.69, 9.17) is 4.74 Å². The van der Waals surface area contributed by atoms with Crippen molar-refractivity contribution in [2.75, 3.05) is 0 Å². The van der Waals surface area contributed by atoms with Gasteiger partial charge in [0.2, 0.25) is 0 Å². The molecular weight excluding hydrogens is 258 g/mol. The van der Waals surface area contributed by atoms with Crippen molar-refractivity contribution in [1.82, 2.24) is 0 Å². The van der Waals surface area contributed by atoms with Gasteiger partial charge >= 0.3 is 0 Å². The molecule has 5 heteroatoms. The van der Waals surface area contributed by atoms with Crippen LogP contribution in [-0.2, 0) is 0 Å². The summed E-state index contributed by atoms with van der Waals surface area (Å²) in [5, 5.41) is 10.7. The second-order valence-corrected chi connectivity index (χ2v) is 4.13. The second-order valence-electron chi connectivity index (χ2n) is 4.13. The molecule has 2 rings (SSSR count). The van der Waals surface area contributed by atoms with Crippen molar-refractivity contribution in [3.05, 3.63) is 64.2 Å². The van der Waals surface area contributed by atoms with Crippen LogP contribution in [0.15, 0.2) is 48.5 Å². The Morgan fingerprint density at radius 2 is 1.95 bits per heavy atom. The first kappa shape index (κ1) is 13.7. The smallest absolute Gasteiger partial charge is 0.273 e. The lowest BCUT2D eigenvalue weighted by molar-refractivity contribution is -0.384. The second kappa shape index (κ2) is 5.97. The molecule has 0 saturated heterocycles. The van der Waals surface area contributed by atoms with Gasteiger partial charge in [0.25, 0.3) is 5.69 Å². The molecule has 2 aromatic rings. The number of carbonyl (C=O) groups is 1. The first-order chi connectivity index (χ1) is 9.61. The average molecular weight is 271 g/mol. The number of hydrogen-bond donors (Lipinski definition) is 0. The topological polar surface area (TPSA) is 69.4 Å². The number of nitrogens with zero attached hydrogens (tertiary/aromatic N) is 1. The van der Waals surface area contributed by atoms with Crippen LogP contribution in [0.5, 0.6) is 11.5 Å². The van der Waals surface area contributed by atoms with Crippen molar-refractivity contribution < 1.29 is 14.5 Å². The number of benzene rings is 2. The minimum absolute atomic E-state index is 0.0361. The first-order valence-corrected chi connectivity index (χ1v) is 6.16. The molecule has 0 aromatic heterocycles. The highest BCUT2D eigenvalue weighted by molar-refractivity contribution is 5.98. The number of hydrogen-bond acceptors (Lipinski definition) is 4. The van der Waals surface area contributed by atoms with Crippen LogP contribution in [0.25, 0.3) is 0 Å². The van der Waals surface area contributed by atoms with Gasteiger partial charge in [0.15, 0.2) is 5.78 Å². The van der Waals surface area contributed by atoms with E-state index in [9.17, 15) is 14.9 Å². The number of para-hydroxylation sites is 1. The minimum Gasteiger partial charge on any atom is -0.456 e. The Labute approximate surface area is 116 Å². The van der Waals surface area contributed by atoms with Gasteiger partial charge in [0.1, 0.15) is 11.5 Å². The molecule has 102 valence electrons. The Hall–Kier alpha value is -2.69. The molecule has 0 spiro atoms. The van der Waals surface area contributed by atoms with Crippen molar-refractivity contribution in [3.8, 4) is 11.5 Å². The number of Topliss-reactive ketones (excluding diaryl/α,β-unsaturated/α-hetero) is 1. The van der Waals surface area contributed by atoms with Gasteiger partial charge in [0.05, 0.1) is 16.6 Å². The number of nitro groups is 1. The molecule has 0 amide bonds. The van der Waals surface area contributed by atoms with Crippen molar-refractivity contribution in [2.24, 2.45) is 0 Å². The third-order valence-corrected chi connectivity index (χ3v) is 2.76. The number of rotatable bonds is 5. The van der Waals surface area contributed by atoms with Gasteiger partial charge in [-0.05, 0) is 18.2 Å². The zero-order valence-electron chi connectivity index (χ0n) is 10.9. The molecule has 0 N–H and O–H groups in total. The largest absolute Gasteiger partial charge is 0.456 e. The number of ether oxygens (including phenoxy) is 1. The van der Waals surface area contributed by atoms with Crippen molar-refractivity contribution >= 4 is 11.5 Å². The molecule has 0 aliphatic heterocycles. The van der Waals surface area contributed by atoms with Crippen LogP contribution in [0, 0.1) is 10.1 Å². The van der Waals surface area contributed by atoms with Gasteiger partial charge in [-0.1, -0.05) is 25.1 Å². The average Bonchev–Trinajstić information content (AvgIpc) is 2.47. The Kier molecular flexibility index (Phi) is 4.10. The number of non-ortho nitro benzene ring substituents is 1. The van der Waals surface area contributed by atoms with E-state index < -0.39 is 4.92 Å². The molecule has 0 bridgehead atoms. The van der Waals surface area contributed by atoms with Gasteiger partial charge in [-0.15, -0.1) is 0 Å². The summed E-state index contributed by atoms with van der Waals surface area (Å²) in [6, 6.07) is 12.7. The summed E-state index contributed by atoms with van der Waals surface area (Å²) in [7, 11) is 0. The van der Waals surface area contributed by atoms with E-state index in [1.165, 1.54) is 18.2 Å². The molecule has 0 unspecified atom stereocenters. The summed E-state index contributed by atoms with van der Waals surface area (Å²) < 4.78 is 5.60. The van der Waals surface area contributed by atoms with Crippen molar-refractivity contribution in [3.63, 3.8) is 0 Å². The van der Waals surface area contributed by atoms with Crippen LogP contribution in [0.1, 0.15) is 23.7 Å². The van der Waals surface area contributed by atoms with E-state index in [0.717, 1.165) is 0 Å². The van der Waals surface area contributed by atoms with Crippen molar-refractivity contribution in [2.45, 2.75) is 13.3 Å². The van der Waals surface area contributed by atoms with E-state index in [-0.39, 0.29) is 11.5 Å². The minimum atomic E-state index is -0.490. The van der Waals surface area contributed by atoms with Gasteiger partial charge in [-0.2, -0.15) is 0 Å². The van der Waals surface area contributed by atoms with Gasteiger partial charge in [0, 0.05) is 12.5 Å². The number of nitro benzene ring substituents is 1. The molecule has 0 fully saturated rings.